The predicted molar refractivity (Wildman–Crippen MR) is 56.9 cm³/mol. The van der Waals surface area contributed by atoms with Crippen LogP contribution in [0.5, 0.6) is 0 Å². The van der Waals surface area contributed by atoms with Gasteiger partial charge in [0.25, 0.3) is 10.1 Å². The Labute approximate surface area is 89.3 Å². The van der Waals surface area contributed by atoms with E-state index >= 15 is 0 Å². The van der Waals surface area contributed by atoms with Crippen LogP contribution in [0.1, 0.15) is 0 Å². The maximum absolute atomic E-state index is 11.3. The third-order valence-electron chi connectivity index (χ3n) is 2.06. The third kappa shape index (κ3) is 1.69. The van der Waals surface area contributed by atoms with Crippen LogP contribution < -0.4 is 4.87 Å². The Morgan fingerprint density at radius 2 is 2.07 bits per heavy atom. The molecule has 0 amide bonds. The highest BCUT2D eigenvalue weighted by Crippen LogP contribution is 2.20. The number of hydrogen-bond acceptors (Lipinski definition) is 4. The van der Waals surface area contributed by atoms with Crippen molar-refractivity contribution in [3.63, 3.8) is 0 Å². The first-order chi connectivity index (χ1) is 6.89. The van der Waals surface area contributed by atoms with Gasteiger partial charge in [0, 0.05) is 7.05 Å². The first-order valence-electron chi connectivity index (χ1n) is 3.96. The van der Waals surface area contributed by atoms with Crippen molar-refractivity contribution in [2.45, 2.75) is 4.90 Å². The summed E-state index contributed by atoms with van der Waals surface area (Å²) in [6.07, 6.45) is 0. The normalized spacial score (nSPS) is 12.1. The molecule has 2 rings (SSSR count). The van der Waals surface area contributed by atoms with E-state index in [9.17, 15) is 13.2 Å². The van der Waals surface area contributed by atoms with Gasteiger partial charge in [0.1, 0.15) is 0 Å². The average Bonchev–Trinajstić information content (AvgIpc) is 2.41. The molecule has 2 aromatic rings. The van der Waals surface area contributed by atoms with Crippen molar-refractivity contribution in [3.8, 4) is 0 Å². The molecule has 7 heteroatoms. The van der Waals surface area contributed by atoms with Gasteiger partial charge in [-0.15, -0.1) is 0 Å². The second kappa shape index (κ2) is 3.16. The minimum atomic E-state index is -4.20. The molecule has 5 nitrogen and oxygen atoms in total. The van der Waals surface area contributed by atoms with Crippen molar-refractivity contribution in [3.05, 3.63) is 27.9 Å². The molecule has 0 atom stereocenters. The molecule has 0 bridgehead atoms. The minimum Gasteiger partial charge on any atom is -0.302 e. The lowest BCUT2D eigenvalue weighted by molar-refractivity contribution is 0.483. The van der Waals surface area contributed by atoms with Crippen LogP contribution in [0, 0.1) is 0 Å². The molecule has 1 aromatic heterocycles. The fourth-order valence-electron chi connectivity index (χ4n) is 1.27. The van der Waals surface area contributed by atoms with Gasteiger partial charge in [0.2, 0.25) is 0 Å². The Balaban J connectivity index is 2.84. The summed E-state index contributed by atoms with van der Waals surface area (Å²) in [5.41, 5.74) is 0.650. The molecule has 0 aliphatic carbocycles. The van der Waals surface area contributed by atoms with Crippen molar-refractivity contribution in [2.24, 2.45) is 7.05 Å². The van der Waals surface area contributed by atoms with Crippen LogP contribution in [0.15, 0.2) is 27.9 Å². The van der Waals surface area contributed by atoms with E-state index in [2.05, 4.69) is 0 Å². The van der Waals surface area contributed by atoms with Gasteiger partial charge in [-0.2, -0.15) is 8.42 Å². The van der Waals surface area contributed by atoms with E-state index in [1.807, 2.05) is 0 Å². The van der Waals surface area contributed by atoms with Gasteiger partial charge in [-0.05, 0) is 18.2 Å². The number of rotatable bonds is 1. The first kappa shape index (κ1) is 10.3. The van der Waals surface area contributed by atoms with Crippen LogP contribution in [0.25, 0.3) is 10.2 Å². The molecule has 0 aliphatic rings. The van der Waals surface area contributed by atoms with Gasteiger partial charge in [0.15, 0.2) is 0 Å². The fourth-order valence-corrected chi connectivity index (χ4v) is 2.77. The zero-order chi connectivity index (χ0) is 11.2. The SMILES string of the molecule is Cn1c(=O)sc2cc(S(=O)(=O)O)ccc21. The van der Waals surface area contributed by atoms with Gasteiger partial charge in [0.05, 0.1) is 15.1 Å². The van der Waals surface area contributed by atoms with E-state index in [-0.39, 0.29) is 9.77 Å². The van der Waals surface area contributed by atoms with E-state index < -0.39 is 10.1 Å². The van der Waals surface area contributed by atoms with Crippen LogP contribution in [-0.2, 0) is 17.2 Å². The summed E-state index contributed by atoms with van der Waals surface area (Å²) >= 11 is 0.941. The van der Waals surface area contributed by atoms with E-state index in [1.54, 1.807) is 7.05 Å². The van der Waals surface area contributed by atoms with Gasteiger partial charge >= 0.3 is 4.87 Å². The molecule has 0 aliphatic heterocycles. The lowest BCUT2D eigenvalue weighted by Crippen LogP contribution is -2.06. The van der Waals surface area contributed by atoms with Crippen molar-refractivity contribution in [2.75, 3.05) is 0 Å². The molecule has 0 unspecified atom stereocenters. The van der Waals surface area contributed by atoms with E-state index in [1.165, 1.54) is 22.8 Å². The molecule has 0 spiro atoms. The van der Waals surface area contributed by atoms with Crippen molar-refractivity contribution < 1.29 is 13.0 Å². The van der Waals surface area contributed by atoms with Crippen LogP contribution in [0.4, 0.5) is 0 Å². The number of aryl methyl sites for hydroxylation is 1. The van der Waals surface area contributed by atoms with Crippen molar-refractivity contribution in [1.82, 2.24) is 4.57 Å². The Kier molecular flexibility index (Phi) is 2.18. The smallest absolute Gasteiger partial charge is 0.302 e. The maximum atomic E-state index is 11.3. The Bertz CT molecular complexity index is 680. The molecular weight excluding hydrogens is 238 g/mol. The molecular formula is C8H7NO4S2. The maximum Gasteiger partial charge on any atom is 0.307 e. The van der Waals surface area contributed by atoms with Gasteiger partial charge in [-0.3, -0.25) is 9.35 Å². The molecule has 0 saturated carbocycles. The van der Waals surface area contributed by atoms with Crippen LogP contribution in [-0.4, -0.2) is 17.5 Å². The first-order valence-corrected chi connectivity index (χ1v) is 6.22. The second-order valence-corrected chi connectivity index (χ2v) is 5.45. The lowest BCUT2D eigenvalue weighted by Gasteiger charge is -1.97. The summed E-state index contributed by atoms with van der Waals surface area (Å²) in [6.45, 7) is 0. The summed E-state index contributed by atoms with van der Waals surface area (Å²) in [7, 11) is -2.60. The minimum absolute atomic E-state index is 0.169. The summed E-state index contributed by atoms with van der Waals surface area (Å²) in [5.74, 6) is 0. The molecule has 0 fully saturated rings. The summed E-state index contributed by atoms with van der Waals surface area (Å²) in [4.78, 5) is 10.9. The Hall–Kier alpha value is -1.18. The Morgan fingerprint density at radius 3 is 2.67 bits per heavy atom. The molecule has 15 heavy (non-hydrogen) atoms. The number of fused-ring (bicyclic) bond motifs is 1. The molecule has 0 radical (unpaired) electrons. The van der Waals surface area contributed by atoms with Crippen LogP contribution >= 0.6 is 11.3 Å². The summed E-state index contributed by atoms with van der Waals surface area (Å²) in [5, 5.41) is 0. The fraction of sp³-hybridized carbons (Fsp3) is 0.125. The average molecular weight is 245 g/mol. The second-order valence-electron chi connectivity index (χ2n) is 3.03. The highest BCUT2D eigenvalue weighted by Gasteiger charge is 2.12. The van der Waals surface area contributed by atoms with Crippen LogP contribution in [0.2, 0.25) is 0 Å². The number of nitrogens with zero attached hydrogens (tertiary/aromatic N) is 1. The van der Waals surface area contributed by atoms with E-state index in [4.69, 9.17) is 4.55 Å². The molecule has 0 saturated heterocycles. The van der Waals surface area contributed by atoms with Gasteiger partial charge in [-0.25, -0.2) is 0 Å². The molecule has 1 heterocycles. The highest BCUT2D eigenvalue weighted by atomic mass is 32.2. The largest absolute Gasteiger partial charge is 0.307 e. The highest BCUT2D eigenvalue weighted by molar-refractivity contribution is 7.85. The van der Waals surface area contributed by atoms with Crippen molar-refractivity contribution >= 4 is 31.7 Å². The standard InChI is InChI=1S/C8H7NO4S2/c1-9-6-3-2-5(15(11,12)13)4-7(6)14-8(9)10/h2-4H,1H3,(H,11,12,13). The lowest BCUT2D eigenvalue weighted by atomic mass is 10.3. The molecule has 1 N–H and O–H groups in total. The van der Waals surface area contributed by atoms with E-state index in [0.717, 1.165) is 11.3 Å². The molecule has 1 aromatic carbocycles. The van der Waals surface area contributed by atoms with Crippen molar-refractivity contribution in [1.29, 1.82) is 0 Å². The predicted octanol–water partition coefficient (Wildman–Crippen LogP) is 0.847. The summed E-state index contributed by atoms with van der Waals surface area (Å²) < 4.78 is 32.5. The van der Waals surface area contributed by atoms with Gasteiger partial charge in [-0.1, -0.05) is 11.3 Å². The topological polar surface area (TPSA) is 76.4 Å². The van der Waals surface area contributed by atoms with E-state index in [0.29, 0.717) is 10.2 Å². The van der Waals surface area contributed by atoms with Gasteiger partial charge < -0.3 is 4.57 Å². The number of aromatic nitrogens is 1. The quantitative estimate of drug-likeness (QED) is 0.755. The zero-order valence-electron chi connectivity index (χ0n) is 7.67. The summed E-state index contributed by atoms with van der Waals surface area (Å²) in [6, 6.07) is 4.05. The third-order valence-corrected chi connectivity index (χ3v) is 3.91. The zero-order valence-corrected chi connectivity index (χ0v) is 9.30. The monoisotopic (exact) mass is 245 g/mol. The number of hydrogen-bond donors (Lipinski definition) is 1. The number of benzene rings is 1. The molecule has 80 valence electrons. The number of thiazole rings is 1. The Morgan fingerprint density at radius 1 is 1.40 bits per heavy atom. The van der Waals surface area contributed by atoms with Crippen LogP contribution in [0.3, 0.4) is 0 Å².